The lowest BCUT2D eigenvalue weighted by atomic mass is 10.1. The molecule has 0 aromatic heterocycles. The molecule has 156 valence electrons. The summed E-state index contributed by atoms with van der Waals surface area (Å²) in [5, 5.41) is -0.293. The van der Waals surface area contributed by atoms with Crippen LogP contribution in [0.2, 0.25) is 0 Å². The standard InChI is InChI=1S/C21H18BrNO6S/c1-3-26-17-8-13(9-18-20(24)23(2)21(25)30-18)6-14(22)19(17)27-10-12-4-5-15-16(7-12)29-11-28-15/h4-9H,3,10-11H2,1-2H3/b18-9-. The molecule has 4 rings (SSSR count). The summed E-state index contributed by atoms with van der Waals surface area (Å²) in [4.78, 5) is 25.3. The molecular weight excluding hydrogens is 474 g/mol. The smallest absolute Gasteiger partial charge is 0.293 e. The first-order chi connectivity index (χ1) is 14.5. The minimum Gasteiger partial charge on any atom is -0.490 e. The van der Waals surface area contributed by atoms with Crippen LogP contribution in [0.4, 0.5) is 4.79 Å². The first kappa shape index (κ1) is 20.6. The van der Waals surface area contributed by atoms with Crippen LogP contribution in [0.3, 0.4) is 0 Å². The van der Waals surface area contributed by atoms with Crippen molar-refractivity contribution >= 4 is 44.9 Å². The van der Waals surface area contributed by atoms with E-state index in [9.17, 15) is 9.59 Å². The van der Waals surface area contributed by atoms with E-state index in [1.54, 1.807) is 12.1 Å². The van der Waals surface area contributed by atoms with Crippen LogP contribution in [0.1, 0.15) is 18.1 Å². The van der Waals surface area contributed by atoms with Gasteiger partial charge in [0.15, 0.2) is 23.0 Å². The average molecular weight is 492 g/mol. The van der Waals surface area contributed by atoms with E-state index in [1.807, 2.05) is 31.2 Å². The predicted octanol–water partition coefficient (Wildman–Crippen LogP) is 4.82. The molecule has 30 heavy (non-hydrogen) atoms. The first-order valence-corrected chi connectivity index (χ1v) is 10.8. The fourth-order valence-electron chi connectivity index (χ4n) is 2.96. The highest BCUT2D eigenvalue weighted by Crippen LogP contribution is 2.40. The molecule has 2 amide bonds. The van der Waals surface area contributed by atoms with E-state index in [0.29, 0.717) is 39.8 Å². The van der Waals surface area contributed by atoms with Gasteiger partial charge in [0, 0.05) is 7.05 Å². The van der Waals surface area contributed by atoms with E-state index < -0.39 is 0 Å². The molecule has 0 spiro atoms. The van der Waals surface area contributed by atoms with Crippen LogP contribution >= 0.6 is 27.7 Å². The summed E-state index contributed by atoms with van der Waals surface area (Å²) in [6.07, 6.45) is 1.67. The molecule has 2 aromatic rings. The van der Waals surface area contributed by atoms with E-state index >= 15 is 0 Å². The third-order valence-corrected chi connectivity index (χ3v) is 5.99. The Hall–Kier alpha value is -2.65. The topological polar surface area (TPSA) is 74.3 Å². The number of nitrogens with zero attached hydrogens (tertiary/aromatic N) is 1. The number of fused-ring (bicyclic) bond motifs is 1. The zero-order valence-corrected chi connectivity index (χ0v) is 18.7. The lowest BCUT2D eigenvalue weighted by Gasteiger charge is -2.15. The Morgan fingerprint density at radius 2 is 1.97 bits per heavy atom. The molecule has 0 bridgehead atoms. The number of carbonyl (C=O) groups excluding carboxylic acids is 2. The van der Waals surface area contributed by atoms with Crippen molar-refractivity contribution in [1.29, 1.82) is 0 Å². The molecule has 0 saturated carbocycles. The molecule has 2 aromatic carbocycles. The van der Waals surface area contributed by atoms with Gasteiger partial charge in [-0.2, -0.15) is 0 Å². The number of hydrogen-bond acceptors (Lipinski definition) is 7. The number of rotatable bonds is 6. The summed E-state index contributed by atoms with van der Waals surface area (Å²) in [5.41, 5.74) is 1.65. The van der Waals surface area contributed by atoms with Crippen LogP contribution in [0.5, 0.6) is 23.0 Å². The third-order valence-electron chi connectivity index (χ3n) is 4.44. The van der Waals surface area contributed by atoms with Crippen molar-refractivity contribution in [3.05, 3.63) is 50.8 Å². The Bertz CT molecular complexity index is 1050. The molecule has 2 aliphatic heterocycles. The number of amides is 2. The normalized spacial score (nSPS) is 16.5. The van der Waals surface area contributed by atoms with Gasteiger partial charge in [-0.3, -0.25) is 14.5 Å². The molecule has 1 fully saturated rings. The van der Waals surface area contributed by atoms with Crippen molar-refractivity contribution in [3.8, 4) is 23.0 Å². The maximum Gasteiger partial charge on any atom is 0.293 e. The quantitative estimate of drug-likeness (QED) is 0.536. The van der Waals surface area contributed by atoms with Crippen LogP contribution in [-0.2, 0) is 11.4 Å². The van der Waals surface area contributed by atoms with Gasteiger partial charge >= 0.3 is 0 Å². The number of ether oxygens (including phenoxy) is 4. The van der Waals surface area contributed by atoms with Gasteiger partial charge < -0.3 is 18.9 Å². The Kier molecular flexibility index (Phi) is 5.92. The van der Waals surface area contributed by atoms with Crippen LogP contribution in [0.25, 0.3) is 6.08 Å². The van der Waals surface area contributed by atoms with Crippen LogP contribution in [-0.4, -0.2) is 36.5 Å². The van der Waals surface area contributed by atoms with Gasteiger partial charge in [-0.15, -0.1) is 0 Å². The maximum absolute atomic E-state index is 12.2. The summed E-state index contributed by atoms with van der Waals surface area (Å²) in [6.45, 7) is 2.86. The zero-order chi connectivity index (χ0) is 21.3. The van der Waals surface area contributed by atoms with Crippen molar-refractivity contribution in [3.63, 3.8) is 0 Å². The predicted molar refractivity (Wildman–Crippen MR) is 116 cm³/mol. The lowest BCUT2D eigenvalue weighted by Crippen LogP contribution is -2.22. The van der Waals surface area contributed by atoms with Crippen LogP contribution in [0.15, 0.2) is 39.7 Å². The molecule has 0 radical (unpaired) electrons. The number of halogens is 1. The maximum atomic E-state index is 12.2. The SMILES string of the molecule is CCOc1cc(/C=C2\SC(=O)N(C)C2=O)cc(Br)c1OCc1ccc2c(c1)OCO2. The first-order valence-electron chi connectivity index (χ1n) is 9.15. The highest BCUT2D eigenvalue weighted by molar-refractivity contribution is 9.10. The number of imide groups is 1. The van der Waals surface area contributed by atoms with Gasteiger partial charge in [-0.05, 0) is 76.1 Å². The van der Waals surface area contributed by atoms with Gasteiger partial charge in [0.05, 0.1) is 16.0 Å². The largest absolute Gasteiger partial charge is 0.490 e. The van der Waals surface area contributed by atoms with Crippen molar-refractivity contribution in [2.75, 3.05) is 20.4 Å². The fourth-order valence-corrected chi connectivity index (χ4v) is 4.36. The van der Waals surface area contributed by atoms with Crippen LogP contribution in [0, 0.1) is 0 Å². The number of likely N-dealkylation sites (N-methyl/N-ethyl adjacent to an activating group) is 1. The van der Waals surface area contributed by atoms with Gasteiger partial charge in [-0.1, -0.05) is 6.07 Å². The number of hydrogen-bond donors (Lipinski definition) is 0. The second kappa shape index (κ2) is 8.61. The summed E-state index contributed by atoms with van der Waals surface area (Å²) >= 11 is 4.44. The second-order valence-electron chi connectivity index (χ2n) is 6.48. The summed E-state index contributed by atoms with van der Waals surface area (Å²) in [7, 11) is 1.47. The minimum atomic E-state index is -0.317. The van der Waals surface area contributed by atoms with Gasteiger partial charge in [-0.25, -0.2) is 0 Å². The van der Waals surface area contributed by atoms with Crippen molar-refractivity contribution < 1.29 is 28.5 Å². The van der Waals surface area contributed by atoms with Crippen molar-refractivity contribution in [2.24, 2.45) is 0 Å². The van der Waals surface area contributed by atoms with Crippen LogP contribution < -0.4 is 18.9 Å². The molecule has 2 heterocycles. The third kappa shape index (κ3) is 4.13. The fraction of sp³-hybridized carbons (Fsp3) is 0.238. The Morgan fingerprint density at radius 3 is 2.70 bits per heavy atom. The van der Waals surface area contributed by atoms with E-state index in [4.69, 9.17) is 18.9 Å². The average Bonchev–Trinajstić information content (AvgIpc) is 3.28. The molecule has 0 N–H and O–H groups in total. The van der Waals surface area contributed by atoms with Crippen molar-refractivity contribution in [2.45, 2.75) is 13.5 Å². The van der Waals surface area contributed by atoms with Gasteiger partial charge in [0.25, 0.3) is 11.1 Å². The summed E-state index contributed by atoms with van der Waals surface area (Å²) in [6, 6.07) is 9.25. The molecule has 1 saturated heterocycles. The minimum absolute atomic E-state index is 0.221. The van der Waals surface area contributed by atoms with E-state index in [1.165, 1.54) is 7.05 Å². The summed E-state index contributed by atoms with van der Waals surface area (Å²) < 4.78 is 23.2. The van der Waals surface area contributed by atoms with Crippen molar-refractivity contribution in [1.82, 2.24) is 4.90 Å². The molecule has 0 atom stereocenters. The number of benzene rings is 2. The van der Waals surface area contributed by atoms with E-state index in [0.717, 1.165) is 33.5 Å². The zero-order valence-electron chi connectivity index (χ0n) is 16.3. The molecule has 9 heteroatoms. The lowest BCUT2D eigenvalue weighted by molar-refractivity contribution is -0.121. The summed E-state index contributed by atoms with van der Waals surface area (Å²) in [5.74, 6) is 2.18. The molecule has 0 aliphatic carbocycles. The molecular formula is C21H18BrNO6S. The number of carbonyl (C=O) groups is 2. The van der Waals surface area contributed by atoms with Gasteiger partial charge in [0.2, 0.25) is 6.79 Å². The highest BCUT2D eigenvalue weighted by atomic mass is 79.9. The Balaban J connectivity index is 1.57. The monoisotopic (exact) mass is 491 g/mol. The van der Waals surface area contributed by atoms with E-state index in [-0.39, 0.29) is 17.9 Å². The number of thioether (sulfide) groups is 1. The Morgan fingerprint density at radius 1 is 1.17 bits per heavy atom. The molecule has 7 nitrogen and oxygen atoms in total. The highest BCUT2D eigenvalue weighted by Gasteiger charge is 2.31. The second-order valence-corrected chi connectivity index (χ2v) is 8.33. The Labute approximate surface area is 186 Å². The molecule has 2 aliphatic rings. The van der Waals surface area contributed by atoms with E-state index in [2.05, 4.69) is 15.9 Å². The molecule has 0 unspecified atom stereocenters. The van der Waals surface area contributed by atoms with Gasteiger partial charge in [0.1, 0.15) is 6.61 Å².